The van der Waals surface area contributed by atoms with Crippen LogP contribution in [0.15, 0.2) is 10.9 Å². The fraction of sp³-hybridized carbons (Fsp3) is 0.600. The summed E-state index contributed by atoms with van der Waals surface area (Å²) in [5.41, 5.74) is 7.75. The Labute approximate surface area is 118 Å². The van der Waals surface area contributed by atoms with Crippen LogP contribution in [0.5, 0.6) is 0 Å². The molecule has 1 aromatic rings. The zero-order valence-electron chi connectivity index (χ0n) is 10.2. The first-order valence-corrected chi connectivity index (χ1v) is 5.74. The van der Waals surface area contributed by atoms with Crippen molar-refractivity contribution < 1.29 is 4.79 Å². The largest absolute Gasteiger partial charge is 0.339 e. The minimum atomic E-state index is -0.495. The van der Waals surface area contributed by atoms with Crippen LogP contribution < -0.4 is 5.73 Å². The number of carbonyl (C=O) groups is 1. The number of carbonyl (C=O) groups excluding carboxylic acids is 1. The van der Waals surface area contributed by atoms with Gasteiger partial charge in [-0.2, -0.15) is 0 Å². The van der Waals surface area contributed by atoms with Gasteiger partial charge < -0.3 is 10.6 Å². The van der Waals surface area contributed by atoms with Gasteiger partial charge in [-0.05, 0) is 13.8 Å². The number of halogens is 2. The van der Waals surface area contributed by atoms with Gasteiger partial charge in [0.2, 0.25) is 5.91 Å². The second kappa shape index (κ2) is 7.87. The highest BCUT2D eigenvalue weighted by Gasteiger charge is 2.28. The molecule has 0 aromatic carbocycles. The van der Waals surface area contributed by atoms with Crippen molar-refractivity contribution in [3.63, 3.8) is 0 Å². The number of amides is 1. The third-order valence-corrected chi connectivity index (χ3v) is 2.95. The molecule has 0 saturated heterocycles. The van der Waals surface area contributed by atoms with Gasteiger partial charge in [0.15, 0.2) is 0 Å². The zero-order chi connectivity index (χ0) is 11.5. The summed E-state index contributed by atoms with van der Waals surface area (Å²) in [7, 11) is 1.78. The summed E-state index contributed by atoms with van der Waals surface area (Å²) in [4.78, 5) is 17.8. The minimum Gasteiger partial charge on any atom is -0.339 e. The molecular formula is C10H19Cl2N3OS. The van der Waals surface area contributed by atoms with Crippen molar-refractivity contribution in [1.82, 2.24) is 9.88 Å². The van der Waals surface area contributed by atoms with Crippen molar-refractivity contribution in [2.45, 2.75) is 20.4 Å². The van der Waals surface area contributed by atoms with Crippen molar-refractivity contribution in [3.8, 4) is 0 Å². The Hall–Kier alpha value is -0.360. The van der Waals surface area contributed by atoms with E-state index in [1.165, 1.54) is 11.3 Å². The van der Waals surface area contributed by atoms with Crippen molar-refractivity contribution in [1.29, 1.82) is 0 Å². The SMILES string of the molecule is CN(Cc1cscn1)C(=O)C(C)(C)CN.Cl.Cl. The molecule has 0 atom stereocenters. The highest BCUT2D eigenvalue weighted by atomic mass is 35.5. The average Bonchev–Trinajstić information content (AvgIpc) is 2.69. The normalized spacial score (nSPS) is 10.1. The topological polar surface area (TPSA) is 59.2 Å². The first-order chi connectivity index (χ1) is 6.97. The lowest BCUT2D eigenvalue weighted by molar-refractivity contribution is -0.139. The number of rotatable bonds is 4. The number of nitrogens with zero attached hydrogens (tertiary/aromatic N) is 2. The molecule has 0 radical (unpaired) electrons. The maximum absolute atomic E-state index is 11.9. The van der Waals surface area contributed by atoms with Gasteiger partial charge in [0.05, 0.1) is 23.2 Å². The Balaban J connectivity index is 0. The first-order valence-electron chi connectivity index (χ1n) is 4.80. The number of nitrogens with two attached hydrogens (primary N) is 1. The molecule has 1 amide bonds. The smallest absolute Gasteiger partial charge is 0.229 e. The molecule has 0 spiro atoms. The standard InChI is InChI=1S/C10H17N3OS.2ClH/c1-10(2,6-11)9(14)13(3)4-8-5-15-7-12-8;;/h5,7H,4,6,11H2,1-3H3;2*1H. The van der Waals surface area contributed by atoms with E-state index < -0.39 is 5.41 Å². The maximum Gasteiger partial charge on any atom is 0.229 e. The van der Waals surface area contributed by atoms with Crippen LogP contribution >= 0.6 is 36.2 Å². The molecule has 100 valence electrons. The van der Waals surface area contributed by atoms with Crippen LogP contribution in [-0.4, -0.2) is 29.4 Å². The van der Waals surface area contributed by atoms with Crippen molar-refractivity contribution in [2.24, 2.45) is 11.1 Å². The molecule has 17 heavy (non-hydrogen) atoms. The summed E-state index contributed by atoms with van der Waals surface area (Å²) in [6.07, 6.45) is 0. The van der Waals surface area contributed by atoms with E-state index in [2.05, 4.69) is 4.98 Å². The Bertz CT molecular complexity index is 330. The van der Waals surface area contributed by atoms with Gasteiger partial charge in [-0.25, -0.2) is 4.98 Å². The minimum absolute atomic E-state index is 0. The van der Waals surface area contributed by atoms with Crippen LogP contribution in [0.2, 0.25) is 0 Å². The van der Waals surface area contributed by atoms with Crippen molar-refractivity contribution >= 4 is 42.1 Å². The zero-order valence-corrected chi connectivity index (χ0v) is 12.6. The molecule has 0 bridgehead atoms. The third-order valence-electron chi connectivity index (χ3n) is 2.32. The molecule has 1 heterocycles. The summed E-state index contributed by atoms with van der Waals surface area (Å²) in [6, 6.07) is 0. The number of aromatic nitrogens is 1. The van der Waals surface area contributed by atoms with E-state index >= 15 is 0 Å². The van der Waals surface area contributed by atoms with Crippen molar-refractivity contribution in [2.75, 3.05) is 13.6 Å². The number of hydrogen-bond acceptors (Lipinski definition) is 4. The van der Waals surface area contributed by atoms with Crippen LogP contribution in [0.4, 0.5) is 0 Å². The van der Waals surface area contributed by atoms with E-state index in [0.717, 1.165) is 5.69 Å². The van der Waals surface area contributed by atoms with Gasteiger partial charge in [0, 0.05) is 19.0 Å². The molecule has 0 aliphatic rings. The van der Waals surface area contributed by atoms with Crippen LogP contribution in [0.25, 0.3) is 0 Å². The summed E-state index contributed by atoms with van der Waals surface area (Å²) >= 11 is 1.53. The lowest BCUT2D eigenvalue weighted by Crippen LogP contribution is -2.42. The molecule has 0 fully saturated rings. The highest BCUT2D eigenvalue weighted by Crippen LogP contribution is 2.17. The molecular weight excluding hydrogens is 281 g/mol. The molecule has 4 nitrogen and oxygen atoms in total. The van der Waals surface area contributed by atoms with E-state index in [4.69, 9.17) is 5.73 Å². The maximum atomic E-state index is 11.9. The summed E-state index contributed by atoms with van der Waals surface area (Å²) in [5.74, 6) is 0.0537. The Kier molecular flexibility index (Phi) is 8.79. The van der Waals surface area contributed by atoms with Crippen LogP contribution in [-0.2, 0) is 11.3 Å². The predicted molar refractivity (Wildman–Crippen MR) is 75.9 cm³/mol. The predicted octanol–water partition coefficient (Wildman–Crippen LogP) is 1.93. The number of hydrogen-bond donors (Lipinski definition) is 1. The molecule has 2 N–H and O–H groups in total. The van der Waals surface area contributed by atoms with Gasteiger partial charge in [-0.3, -0.25) is 4.79 Å². The molecule has 1 aromatic heterocycles. The van der Waals surface area contributed by atoms with Crippen LogP contribution in [0.3, 0.4) is 0 Å². The van der Waals surface area contributed by atoms with Gasteiger partial charge in [0.25, 0.3) is 0 Å². The van der Waals surface area contributed by atoms with E-state index in [1.807, 2.05) is 19.2 Å². The van der Waals surface area contributed by atoms with Gasteiger partial charge >= 0.3 is 0 Å². The molecule has 7 heteroatoms. The number of thiazole rings is 1. The third kappa shape index (κ3) is 5.21. The second-order valence-electron chi connectivity index (χ2n) is 4.23. The molecule has 0 unspecified atom stereocenters. The average molecular weight is 300 g/mol. The summed E-state index contributed by atoms with van der Waals surface area (Å²) < 4.78 is 0. The van der Waals surface area contributed by atoms with E-state index in [9.17, 15) is 4.79 Å². The van der Waals surface area contributed by atoms with Gasteiger partial charge in [-0.15, -0.1) is 36.2 Å². The second-order valence-corrected chi connectivity index (χ2v) is 4.95. The van der Waals surface area contributed by atoms with Crippen molar-refractivity contribution in [3.05, 3.63) is 16.6 Å². The Morgan fingerprint density at radius 2 is 2.12 bits per heavy atom. The lowest BCUT2D eigenvalue weighted by Gasteiger charge is -2.27. The quantitative estimate of drug-likeness (QED) is 0.924. The van der Waals surface area contributed by atoms with Gasteiger partial charge in [-0.1, -0.05) is 0 Å². The van der Waals surface area contributed by atoms with Crippen LogP contribution in [0, 0.1) is 5.41 Å². The first kappa shape index (κ1) is 19.0. The Morgan fingerprint density at radius 1 is 1.53 bits per heavy atom. The molecule has 0 aliphatic heterocycles. The fourth-order valence-corrected chi connectivity index (χ4v) is 1.78. The summed E-state index contributed by atoms with van der Waals surface area (Å²) in [6.45, 7) is 4.61. The molecule has 0 aliphatic carbocycles. The Morgan fingerprint density at radius 3 is 2.53 bits per heavy atom. The van der Waals surface area contributed by atoms with Gasteiger partial charge in [0.1, 0.15) is 0 Å². The van der Waals surface area contributed by atoms with E-state index in [0.29, 0.717) is 13.1 Å². The van der Waals surface area contributed by atoms with E-state index in [-0.39, 0.29) is 30.7 Å². The fourth-order valence-electron chi connectivity index (χ4n) is 1.23. The summed E-state index contributed by atoms with van der Waals surface area (Å²) in [5, 5.41) is 1.94. The van der Waals surface area contributed by atoms with E-state index in [1.54, 1.807) is 17.5 Å². The molecule has 1 rings (SSSR count). The lowest BCUT2D eigenvalue weighted by atomic mass is 9.92. The molecule has 0 saturated carbocycles. The van der Waals surface area contributed by atoms with Crippen LogP contribution in [0.1, 0.15) is 19.5 Å². The monoisotopic (exact) mass is 299 g/mol. The highest BCUT2D eigenvalue weighted by molar-refractivity contribution is 7.07.